The zero-order valence-electron chi connectivity index (χ0n) is 19.2. The smallest absolute Gasteiger partial charge is 0.339 e. The molecule has 2 aliphatic carbocycles. The van der Waals surface area contributed by atoms with E-state index < -0.39 is 45.8 Å². The molecule has 2 spiro atoms. The number of cyclic esters (lactones) is 1. The van der Waals surface area contributed by atoms with E-state index in [2.05, 4.69) is 0 Å². The lowest BCUT2D eigenvalue weighted by Crippen LogP contribution is -2.78. The lowest BCUT2D eigenvalue weighted by atomic mass is 9.38. The summed E-state index contributed by atoms with van der Waals surface area (Å²) >= 11 is 0. The summed E-state index contributed by atoms with van der Waals surface area (Å²) in [7, 11) is 0. The first-order chi connectivity index (χ1) is 15.5. The molecule has 4 saturated heterocycles. The van der Waals surface area contributed by atoms with E-state index in [9.17, 15) is 14.4 Å². The molecule has 6 aliphatic rings. The monoisotopic (exact) mass is 456 g/mol. The fraction of sp³-hybridized carbons (Fsp3) is 0.720. The van der Waals surface area contributed by atoms with E-state index in [1.54, 1.807) is 18.6 Å². The Kier molecular flexibility index (Phi) is 3.39. The van der Waals surface area contributed by atoms with Crippen LogP contribution < -0.4 is 0 Å². The second kappa shape index (κ2) is 5.54. The number of hydrogen-bond donors (Lipinski definition) is 0. The normalized spacial score (nSPS) is 53.2. The van der Waals surface area contributed by atoms with Crippen LogP contribution in [0.4, 0.5) is 0 Å². The molecule has 4 aliphatic heterocycles. The zero-order valence-corrected chi connectivity index (χ0v) is 19.2. The molecule has 0 N–H and O–H groups in total. The number of rotatable bonds is 1. The van der Waals surface area contributed by atoms with Crippen LogP contribution in [-0.4, -0.2) is 46.7 Å². The third-order valence-corrected chi connectivity index (χ3v) is 10.3. The van der Waals surface area contributed by atoms with Gasteiger partial charge in [0.15, 0.2) is 6.10 Å². The topological polar surface area (TPSA) is 105 Å². The highest BCUT2D eigenvalue weighted by atomic mass is 16.7. The van der Waals surface area contributed by atoms with Gasteiger partial charge in [-0.15, -0.1) is 0 Å². The molecule has 0 amide bonds. The summed E-state index contributed by atoms with van der Waals surface area (Å²) in [4.78, 5) is 40.2. The van der Waals surface area contributed by atoms with Gasteiger partial charge in [-0.1, -0.05) is 6.92 Å². The Hall–Kier alpha value is -2.19. The Labute approximate surface area is 191 Å². The third-order valence-electron chi connectivity index (χ3n) is 10.3. The van der Waals surface area contributed by atoms with Crippen LogP contribution in [0.5, 0.6) is 0 Å². The summed E-state index contributed by atoms with van der Waals surface area (Å²) in [6.07, 6.45) is 2.89. The predicted molar refractivity (Wildman–Crippen MR) is 110 cm³/mol. The van der Waals surface area contributed by atoms with Crippen LogP contribution in [0.2, 0.25) is 0 Å². The van der Waals surface area contributed by atoms with Crippen molar-refractivity contribution in [2.45, 2.75) is 88.5 Å². The molecule has 0 radical (unpaired) electrons. The van der Waals surface area contributed by atoms with Crippen molar-refractivity contribution >= 4 is 17.7 Å². The Bertz CT molecular complexity index is 1110. The first-order valence-corrected chi connectivity index (χ1v) is 11.9. The quantitative estimate of drug-likeness (QED) is 0.469. The maximum absolute atomic E-state index is 14.2. The van der Waals surface area contributed by atoms with E-state index in [4.69, 9.17) is 23.4 Å². The maximum Gasteiger partial charge on any atom is 0.339 e. The predicted octanol–water partition coefficient (Wildman–Crippen LogP) is 2.89. The average Bonchev–Trinajstić information content (AvgIpc) is 3.20. The summed E-state index contributed by atoms with van der Waals surface area (Å²) in [5.41, 5.74) is -3.88. The SMILES string of the molecule is CC1(C)O[C@H]2CC(=O)OC34CC[C@@]5(C)[C@H](c6ccoc6)OC(=O)[C@H]6O[C@]65[C@]3(C)C(=O)C[C@@H]1[C@@H]24. The number of carbonyl (C=O) groups is 3. The van der Waals surface area contributed by atoms with Gasteiger partial charge in [-0.2, -0.15) is 0 Å². The summed E-state index contributed by atoms with van der Waals surface area (Å²) < 4.78 is 30.2. The van der Waals surface area contributed by atoms with Gasteiger partial charge in [-0.05, 0) is 39.7 Å². The van der Waals surface area contributed by atoms with E-state index in [-0.39, 0.29) is 36.1 Å². The van der Waals surface area contributed by atoms with Gasteiger partial charge in [0.1, 0.15) is 23.1 Å². The molecular weight excluding hydrogens is 428 g/mol. The fourth-order valence-corrected chi connectivity index (χ4v) is 8.83. The van der Waals surface area contributed by atoms with Crippen LogP contribution in [0, 0.1) is 22.7 Å². The number of esters is 2. The van der Waals surface area contributed by atoms with Crippen molar-refractivity contribution in [1.29, 1.82) is 0 Å². The largest absolute Gasteiger partial charge is 0.472 e. The number of furan rings is 1. The highest BCUT2D eigenvalue weighted by Gasteiger charge is 2.92. The van der Waals surface area contributed by atoms with Gasteiger partial charge in [0.25, 0.3) is 0 Å². The first kappa shape index (κ1) is 20.2. The van der Waals surface area contributed by atoms with Gasteiger partial charge in [0.05, 0.1) is 36.1 Å². The molecule has 5 heterocycles. The van der Waals surface area contributed by atoms with E-state index in [1.165, 1.54) is 0 Å². The van der Waals surface area contributed by atoms with Crippen molar-refractivity contribution in [2.24, 2.45) is 22.7 Å². The summed E-state index contributed by atoms with van der Waals surface area (Å²) in [5.74, 6) is -1.04. The zero-order chi connectivity index (χ0) is 23.2. The Morgan fingerprint density at radius 3 is 2.48 bits per heavy atom. The minimum Gasteiger partial charge on any atom is -0.472 e. The van der Waals surface area contributed by atoms with Gasteiger partial charge >= 0.3 is 11.9 Å². The molecule has 9 atom stereocenters. The van der Waals surface area contributed by atoms with E-state index in [0.717, 1.165) is 5.56 Å². The lowest BCUT2D eigenvalue weighted by Gasteiger charge is -2.66. The highest BCUT2D eigenvalue weighted by molar-refractivity contribution is 5.95. The molecule has 7 rings (SSSR count). The standard InChI is InChI=1S/C25H28O8/c1-21(2)13-9-15(26)23(4)24(17(13)14(31-21)10-16(27)32-24)7-6-22(3)18(12-5-8-29-11-12)30-20(28)19-25(22,23)33-19/h5,8,11,13-14,17-19H,6-7,9-10H2,1-4H3/t13-,14+,17+,18+,19-,22+,23-,24?,25-/m1/s1. The minimum absolute atomic E-state index is 0.0233. The number of ether oxygens (including phenoxy) is 4. The van der Waals surface area contributed by atoms with Crippen LogP contribution in [0.1, 0.15) is 65.0 Å². The third kappa shape index (κ3) is 1.91. The molecule has 8 nitrogen and oxygen atoms in total. The molecule has 1 aromatic heterocycles. The molecule has 1 aromatic rings. The van der Waals surface area contributed by atoms with Gasteiger partial charge in [0.2, 0.25) is 0 Å². The molecule has 8 heteroatoms. The second-order valence-corrected chi connectivity index (χ2v) is 11.7. The number of carbonyl (C=O) groups excluding carboxylic acids is 3. The minimum atomic E-state index is -1.20. The van der Waals surface area contributed by atoms with Crippen molar-refractivity contribution < 1.29 is 37.7 Å². The maximum atomic E-state index is 14.2. The van der Waals surface area contributed by atoms with Gasteiger partial charge < -0.3 is 23.4 Å². The van der Waals surface area contributed by atoms with Crippen LogP contribution in [0.3, 0.4) is 0 Å². The summed E-state index contributed by atoms with van der Waals surface area (Å²) in [6, 6.07) is 1.79. The Morgan fingerprint density at radius 2 is 1.76 bits per heavy atom. The molecule has 1 unspecified atom stereocenters. The Morgan fingerprint density at radius 1 is 0.970 bits per heavy atom. The van der Waals surface area contributed by atoms with Crippen LogP contribution in [0.15, 0.2) is 23.0 Å². The van der Waals surface area contributed by atoms with Gasteiger partial charge in [-0.25, -0.2) is 4.79 Å². The first-order valence-electron chi connectivity index (χ1n) is 11.9. The Balaban J connectivity index is 1.45. The van der Waals surface area contributed by atoms with Crippen molar-refractivity contribution in [1.82, 2.24) is 0 Å². The van der Waals surface area contributed by atoms with Gasteiger partial charge in [-0.3, -0.25) is 9.59 Å². The van der Waals surface area contributed by atoms with Crippen LogP contribution in [0.25, 0.3) is 0 Å². The second-order valence-electron chi connectivity index (χ2n) is 11.7. The van der Waals surface area contributed by atoms with Gasteiger partial charge in [0, 0.05) is 29.2 Å². The molecule has 6 fully saturated rings. The highest BCUT2D eigenvalue weighted by Crippen LogP contribution is 2.79. The van der Waals surface area contributed by atoms with E-state index in [0.29, 0.717) is 19.3 Å². The molecule has 2 saturated carbocycles. The summed E-state index contributed by atoms with van der Waals surface area (Å²) in [6.45, 7) is 7.90. The molecule has 0 aromatic carbocycles. The van der Waals surface area contributed by atoms with Crippen molar-refractivity contribution in [2.75, 3.05) is 0 Å². The van der Waals surface area contributed by atoms with Crippen LogP contribution >= 0.6 is 0 Å². The fourth-order valence-electron chi connectivity index (χ4n) is 8.83. The van der Waals surface area contributed by atoms with E-state index >= 15 is 0 Å². The number of hydrogen-bond acceptors (Lipinski definition) is 8. The summed E-state index contributed by atoms with van der Waals surface area (Å²) in [5, 5.41) is 0. The molecule has 0 bridgehead atoms. The molecule has 176 valence electrons. The molecule has 33 heavy (non-hydrogen) atoms. The number of Topliss-reactive ketones (excluding diaryl/α,β-unsaturated/α-hetero) is 1. The van der Waals surface area contributed by atoms with Crippen molar-refractivity contribution in [3.8, 4) is 0 Å². The van der Waals surface area contributed by atoms with E-state index in [1.807, 2.05) is 27.7 Å². The van der Waals surface area contributed by atoms with Crippen molar-refractivity contribution in [3.63, 3.8) is 0 Å². The number of ketones is 1. The number of epoxide rings is 1. The lowest BCUT2D eigenvalue weighted by molar-refractivity contribution is -0.271. The van der Waals surface area contributed by atoms with Crippen molar-refractivity contribution in [3.05, 3.63) is 24.2 Å². The van der Waals surface area contributed by atoms with Crippen LogP contribution in [-0.2, 0) is 33.3 Å². The molecular formula is C25H28O8. The average molecular weight is 456 g/mol.